The monoisotopic (exact) mass is 268 g/mol. The summed E-state index contributed by atoms with van der Waals surface area (Å²) >= 11 is 0. The molecule has 2 fully saturated rings. The molecule has 110 valence electrons. The Morgan fingerprint density at radius 1 is 1.37 bits per heavy atom. The fourth-order valence-electron chi connectivity index (χ4n) is 2.64. The Kier molecular flexibility index (Phi) is 6.11. The Balaban J connectivity index is 1.60. The van der Waals surface area contributed by atoms with Gasteiger partial charge in [0.25, 0.3) is 0 Å². The summed E-state index contributed by atoms with van der Waals surface area (Å²) in [5.74, 6) is 0.655. The summed E-state index contributed by atoms with van der Waals surface area (Å²) in [6.45, 7) is 6.37. The molecule has 1 N–H and O–H groups in total. The summed E-state index contributed by atoms with van der Waals surface area (Å²) in [4.78, 5) is 14.0. The van der Waals surface area contributed by atoms with Gasteiger partial charge in [0.2, 0.25) is 0 Å². The lowest BCUT2D eigenvalue weighted by molar-refractivity contribution is -0.145. The molecule has 0 aromatic rings. The van der Waals surface area contributed by atoms with Gasteiger partial charge in [0, 0.05) is 12.6 Å². The van der Waals surface area contributed by atoms with E-state index < -0.39 is 0 Å². The standard InChI is InChI=1S/C15H28N2O2/c1-2-3-9-19-15(18)12-17-8-4-5-13(11-17)10-16-14-6-7-14/h13-14,16H,2-12H2,1H3. The molecule has 2 aliphatic rings. The predicted molar refractivity (Wildman–Crippen MR) is 76.1 cm³/mol. The van der Waals surface area contributed by atoms with Gasteiger partial charge in [0.1, 0.15) is 0 Å². The fraction of sp³-hybridized carbons (Fsp3) is 0.933. The number of unbranched alkanes of at least 4 members (excludes halogenated alkanes) is 1. The van der Waals surface area contributed by atoms with Gasteiger partial charge in [0.15, 0.2) is 0 Å². The maximum absolute atomic E-state index is 11.7. The van der Waals surface area contributed by atoms with Gasteiger partial charge >= 0.3 is 5.97 Å². The van der Waals surface area contributed by atoms with Gasteiger partial charge in [-0.3, -0.25) is 9.69 Å². The van der Waals surface area contributed by atoms with E-state index in [1.165, 1.54) is 25.7 Å². The Hall–Kier alpha value is -0.610. The van der Waals surface area contributed by atoms with E-state index in [1.807, 2.05) is 0 Å². The first-order valence-corrected chi connectivity index (χ1v) is 7.89. The minimum Gasteiger partial charge on any atom is -0.465 e. The Labute approximate surface area is 116 Å². The van der Waals surface area contributed by atoms with Crippen LogP contribution in [0.25, 0.3) is 0 Å². The molecule has 4 heteroatoms. The molecule has 2 rings (SSSR count). The van der Waals surface area contributed by atoms with Crippen molar-refractivity contribution >= 4 is 5.97 Å². The fourth-order valence-corrected chi connectivity index (χ4v) is 2.64. The van der Waals surface area contributed by atoms with Crippen molar-refractivity contribution in [1.82, 2.24) is 10.2 Å². The summed E-state index contributed by atoms with van der Waals surface area (Å²) in [6, 6.07) is 0.786. The molecule has 19 heavy (non-hydrogen) atoms. The van der Waals surface area contributed by atoms with Gasteiger partial charge in [-0.2, -0.15) is 0 Å². The number of esters is 1. The number of hydrogen-bond donors (Lipinski definition) is 1. The van der Waals surface area contributed by atoms with E-state index in [0.29, 0.717) is 19.1 Å². The maximum Gasteiger partial charge on any atom is 0.320 e. The molecule has 4 nitrogen and oxygen atoms in total. The summed E-state index contributed by atoms with van der Waals surface area (Å²) in [5, 5.41) is 3.60. The van der Waals surface area contributed by atoms with Gasteiger partial charge in [0.05, 0.1) is 13.2 Å². The van der Waals surface area contributed by atoms with Crippen LogP contribution in [0.4, 0.5) is 0 Å². The minimum atomic E-state index is -0.0516. The zero-order valence-electron chi connectivity index (χ0n) is 12.2. The highest BCUT2D eigenvalue weighted by Gasteiger charge is 2.25. The van der Waals surface area contributed by atoms with Crippen LogP contribution < -0.4 is 5.32 Å². The average molecular weight is 268 g/mol. The van der Waals surface area contributed by atoms with Crippen LogP contribution in [-0.4, -0.2) is 49.7 Å². The van der Waals surface area contributed by atoms with Crippen molar-refractivity contribution in [3.63, 3.8) is 0 Å². The molecule has 0 aromatic heterocycles. The third kappa shape index (κ3) is 5.91. The number of piperidine rings is 1. The smallest absolute Gasteiger partial charge is 0.320 e. The molecule has 1 aliphatic heterocycles. The second kappa shape index (κ2) is 7.85. The molecule has 1 heterocycles. The third-order valence-corrected chi connectivity index (χ3v) is 3.99. The summed E-state index contributed by atoms with van der Waals surface area (Å²) < 4.78 is 5.23. The largest absolute Gasteiger partial charge is 0.465 e. The van der Waals surface area contributed by atoms with Crippen LogP contribution >= 0.6 is 0 Å². The number of carbonyl (C=O) groups is 1. The van der Waals surface area contributed by atoms with Gasteiger partial charge < -0.3 is 10.1 Å². The predicted octanol–water partition coefficient (Wildman–Crippen LogP) is 1.79. The Morgan fingerprint density at radius 3 is 2.95 bits per heavy atom. The maximum atomic E-state index is 11.7. The number of carbonyl (C=O) groups excluding carboxylic acids is 1. The molecule has 0 radical (unpaired) electrons. The molecule has 1 aliphatic carbocycles. The normalized spacial score (nSPS) is 24.4. The van der Waals surface area contributed by atoms with Crippen LogP contribution in [0.5, 0.6) is 0 Å². The zero-order valence-corrected chi connectivity index (χ0v) is 12.2. The first kappa shape index (κ1) is 14.8. The van der Waals surface area contributed by atoms with E-state index in [4.69, 9.17) is 4.74 Å². The summed E-state index contributed by atoms with van der Waals surface area (Å²) in [6.07, 6.45) is 7.24. The Bertz CT molecular complexity index is 279. The molecule has 0 amide bonds. The highest BCUT2D eigenvalue weighted by molar-refractivity contribution is 5.71. The van der Waals surface area contributed by atoms with Crippen LogP contribution in [0.1, 0.15) is 45.4 Å². The molecule has 1 saturated carbocycles. The first-order chi connectivity index (χ1) is 9.28. The summed E-state index contributed by atoms with van der Waals surface area (Å²) in [5.41, 5.74) is 0. The van der Waals surface area contributed by atoms with Gasteiger partial charge in [-0.15, -0.1) is 0 Å². The van der Waals surface area contributed by atoms with E-state index in [-0.39, 0.29) is 5.97 Å². The zero-order chi connectivity index (χ0) is 13.5. The molecular formula is C15H28N2O2. The number of ether oxygens (including phenoxy) is 1. The van der Waals surface area contributed by atoms with Crippen LogP contribution in [0.2, 0.25) is 0 Å². The second-order valence-electron chi connectivity index (χ2n) is 6.00. The third-order valence-electron chi connectivity index (χ3n) is 3.99. The molecule has 1 saturated heterocycles. The first-order valence-electron chi connectivity index (χ1n) is 7.89. The number of likely N-dealkylation sites (tertiary alicyclic amines) is 1. The van der Waals surface area contributed by atoms with E-state index in [2.05, 4.69) is 17.1 Å². The number of hydrogen-bond acceptors (Lipinski definition) is 4. The van der Waals surface area contributed by atoms with E-state index in [1.54, 1.807) is 0 Å². The summed E-state index contributed by atoms with van der Waals surface area (Å²) in [7, 11) is 0. The van der Waals surface area contributed by atoms with Crippen LogP contribution in [-0.2, 0) is 9.53 Å². The average Bonchev–Trinajstić information content (AvgIpc) is 3.21. The van der Waals surface area contributed by atoms with Gasteiger partial charge in [-0.25, -0.2) is 0 Å². The number of nitrogens with one attached hydrogen (secondary N) is 1. The van der Waals surface area contributed by atoms with Gasteiger partial charge in [-0.1, -0.05) is 13.3 Å². The molecule has 0 aromatic carbocycles. The minimum absolute atomic E-state index is 0.0516. The van der Waals surface area contributed by atoms with Crippen molar-refractivity contribution in [1.29, 1.82) is 0 Å². The van der Waals surface area contributed by atoms with Crippen LogP contribution in [0.3, 0.4) is 0 Å². The van der Waals surface area contributed by atoms with Crippen LogP contribution in [0, 0.1) is 5.92 Å². The van der Waals surface area contributed by atoms with E-state index in [0.717, 1.165) is 38.5 Å². The number of rotatable bonds is 8. The van der Waals surface area contributed by atoms with Gasteiger partial charge in [-0.05, 0) is 51.1 Å². The lowest BCUT2D eigenvalue weighted by atomic mass is 9.98. The highest BCUT2D eigenvalue weighted by atomic mass is 16.5. The van der Waals surface area contributed by atoms with E-state index >= 15 is 0 Å². The quantitative estimate of drug-likeness (QED) is 0.538. The highest BCUT2D eigenvalue weighted by Crippen LogP contribution is 2.21. The molecule has 0 bridgehead atoms. The topological polar surface area (TPSA) is 41.6 Å². The molecule has 1 unspecified atom stereocenters. The van der Waals surface area contributed by atoms with Crippen molar-refractivity contribution < 1.29 is 9.53 Å². The van der Waals surface area contributed by atoms with Crippen molar-refractivity contribution in [2.24, 2.45) is 5.92 Å². The van der Waals surface area contributed by atoms with Crippen molar-refractivity contribution in [3.05, 3.63) is 0 Å². The van der Waals surface area contributed by atoms with Crippen molar-refractivity contribution in [2.45, 2.75) is 51.5 Å². The second-order valence-corrected chi connectivity index (χ2v) is 6.00. The molecular weight excluding hydrogens is 240 g/mol. The lowest BCUT2D eigenvalue weighted by Crippen LogP contribution is -2.42. The number of nitrogens with zero attached hydrogens (tertiary/aromatic N) is 1. The SMILES string of the molecule is CCCCOC(=O)CN1CCCC(CNC2CC2)C1. The van der Waals surface area contributed by atoms with E-state index in [9.17, 15) is 4.79 Å². The van der Waals surface area contributed by atoms with Crippen molar-refractivity contribution in [3.8, 4) is 0 Å². The van der Waals surface area contributed by atoms with Crippen molar-refractivity contribution in [2.75, 3.05) is 32.8 Å². The lowest BCUT2D eigenvalue weighted by Gasteiger charge is -2.32. The Morgan fingerprint density at radius 2 is 2.21 bits per heavy atom. The molecule has 0 spiro atoms. The molecule has 1 atom stereocenters. The van der Waals surface area contributed by atoms with Crippen LogP contribution in [0.15, 0.2) is 0 Å².